The Morgan fingerprint density at radius 1 is 1.11 bits per heavy atom. The Hall–Kier alpha value is -2.82. The quantitative estimate of drug-likeness (QED) is 0.854. The van der Waals surface area contributed by atoms with E-state index in [1.807, 2.05) is 6.92 Å². The number of aryl methyl sites for hydroxylation is 2. The molecule has 142 valence electrons. The zero-order chi connectivity index (χ0) is 19.2. The second kappa shape index (κ2) is 8.71. The van der Waals surface area contributed by atoms with Gasteiger partial charge in [-0.25, -0.2) is 0 Å². The molecule has 0 radical (unpaired) electrons. The number of amides is 2. The van der Waals surface area contributed by atoms with Crippen molar-refractivity contribution in [2.24, 2.45) is 0 Å². The molecule has 0 aromatic heterocycles. The number of phenolic OH excluding ortho intramolecular Hbond substituents is 1. The number of nitrogens with zero attached hydrogens (tertiary/aromatic N) is 1. The number of carbonyl (C=O) groups excluding carboxylic acids is 2. The minimum Gasteiger partial charge on any atom is -0.508 e. The van der Waals surface area contributed by atoms with Crippen LogP contribution in [-0.4, -0.2) is 41.0 Å². The first-order valence-corrected chi connectivity index (χ1v) is 9.44. The SMILES string of the molecule is Cc1ccc(CCC(=O)NC2CCN(C(=O)c3cccc(O)c3)CC2)cc1. The normalized spacial score (nSPS) is 14.8. The molecule has 1 heterocycles. The van der Waals surface area contributed by atoms with Crippen LogP contribution in [0.3, 0.4) is 0 Å². The molecule has 3 rings (SSSR count). The molecule has 27 heavy (non-hydrogen) atoms. The summed E-state index contributed by atoms with van der Waals surface area (Å²) in [6.07, 6.45) is 2.72. The van der Waals surface area contributed by atoms with Gasteiger partial charge in [0.2, 0.25) is 5.91 Å². The molecule has 5 nitrogen and oxygen atoms in total. The maximum Gasteiger partial charge on any atom is 0.253 e. The highest BCUT2D eigenvalue weighted by Crippen LogP contribution is 2.17. The van der Waals surface area contributed by atoms with Gasteiger partial charge in [-0.15, -0.1) is 0 Å². The van der Waals surface area contributed by atoms with Gasteiger partial charge in [-0.1, -0.05) is 35.9 Å². The first-order chi connectivity index (χ1) is 13.0. The molecule has 0 unspecified atom stereocenters. The molecule has 1 aliphatic heterocycles. The van der Waals surface area contributed by atoms with Crippen molar-refractivity contribution in [1.82, 2.24) is 10.2 Å². The van der Waals surface area contributed by atoms with Crippen molar-refractivity contribution in [3.63, 3.8) is 0 Å². The van der Waals surface area contributed by atoms with Gasteiger partial charge in [-0.05, 0) is 49.9 Å². The molecule has 2 aromatic carbocycles. The molecular formula is C22H26N2O3. The van der Waals surface area contributed by atoms with Gasteiger partial charge in [0.1, 0.15) is 5.75 Å². The van der Waals surface area contributed by atoms with Gasteiger partial charge in [-0.2, -0.15) is 0 Å². The molecule has 0 atom stereocenters. The van der Waals surface area contributed by atoms with Crippen LogP contribution in [0.15, 0.2) is 48.5 Å². The van der Waals surface area contributed by atoms with Gasteiger partial charge in [0.05, 0.1) is 0 Å². The van der Waals surface area contributed by atoms with E-state index in [2.05, 4.69) is 29.6 Å². The molecule has 2 aromatic rings. The van der Waals surface area contributed by atoms with Crippen LogP contribution in [-0.2, 0) is 11.2 Å². The van der Waals surface area contributed by atoms with Crippen LogP contribution in [0.2, 0.25) is 0 Å². The highest BCUT2D eigenvalue weighted by molar-refractivity contribution is 5.94. The summed E-state index contributed by atoms with van der Waals surface area (Å²) in [6, 6.07) is 14.8. The van der Waals surface area contributed by atoms with Crippen molar-refractivity contribution in [2.75, 3.05) is 13.1 Å². The fourth-order valence-electron chi connectivity index (χ4n) is 3.36. The fraction of sp³-hybridized carbons (Fsp3) is 0.364. The highest BCUT2D eigenvalue weighted by Gasteiger charge is 2.24. The highest BCUT2D eigenvalue weighted by atomic mass is 16.3. The summed E-state index contributed by atoms with van der Waals surface area (Å²) in [4.78, 5) is 26.5. The topological polar surface area (TPSA) is 69.6 Å². The zero-order valence-corrected chi connectivity index (χ0v) is 15.6. The van der Waals surface area contributed by atoms with Crippen molar-refractivity contribution in [1.29, 1.82) is 0 Å². The van der Waals surface area contributed by atoms with Gasteiger partial charge in [-0.3, -0.25) is 9.59 Å². The van der Waals surface area contributed by atoms with E-state index in [0.29, 0.717) is 25.1 Å². The molecule has 1 fully saturated rings. The van der Waals surface area contributed by atoms with Gasteiger partial charge in [0.25, 0.3) is 5.91 Å². The smallest absolute Gasteiger partial charge is 0.253 e. The van der Waals surface area contributed by atoms with Gasteiger partial charge < -0.3 is 15.3 Å². The Balaban J connectivity index is 1.43. The summed E-state index contributed by atoms with van der Waals surface area (Å²) in [5.41, 5.74) is 2.88. The van der Waals surface area contributed by atoms with Crippen molar-refractivity contribution >= 4 is 11.8 Å². The first-order valence-electron chi connectivity index (χ1n) is 9.44. The van der Waals surface area contributed by atoms with Gasteiger partial charge in [0, 0.05) is 31.1 Å². The van der Waals surface area contributed by atoms with Crippen molar-refractivity contribution in [3.8, 4) is 5.75 Å². The average Bonchev–Trinajstić information content (AvgIpc) is 2.67. The van der Waals surface area contributed by atoms with E-state index in [0.717, 1.165) is 19.3 Å². The van der Waals surface area contributed by atoms with Crippen LogP contribution in [0, 0.1) is 6.92 Å². The summed E-state index contributed by atoms with van der Waals surface area (Å²) >= 11 is 0. The summed E-state index contributed by atoms with van der Waals surface area (Å²) in [6.45, 7) is 3.27. The number of phenols is 1. The first kappa shape index (κ1) is 19.0. The van der Waals surface area contributed by atoms with Crippen LogP contribution >= 0.6 is 0 Å². The molecule has 1 aliphatic rings. The number of rotatable bonds is 5. The lowest BCUT2D eigenvalue weighted by molar-refractivity contribution is -0.122. The standard InChI is InChI=1S/C22H26N2O3/c1-16-5-7-17(8-6-16)9-10-21(26)23-19-11-13-24(14-12-19)22(27)18-3-2-4-20(25)15-18/h2-8,15,19,25H,9-14H2,1H3,(H,23,26). The Morgan fingerprint density at radius 2 is 1.81 bits per heavy atom. The van der Waals surface area contributed by atoms with Crippen LogP contribution in [0.5, 0.6) is 5.75 Å². The summed E-state index contributed by atoms with van der Waals surface area (Å²) < 4.78 is 0. The maximum atomic E-state index is 12.5. The van der Waals surface area contributed by atoms with E-state index in [1.54, 1.807) is 23.1 Å². The molecule has 1 saturated heterocycles. The lowest BCUT2D eigenvalue weighted by Gasteiger charge is -2.32. The number of hydrogen-bond donors (Lipinski definition) is 2. The Bertz CT molecular complexity index is 793. The third-order valence-electron chi connectivity index (χ3n) is 5.00. The number of piperidine rings is 1. The molecule has 0 bridgehead atoms. The number of nitrogens with one attached hydrogen (secondary N) is 1. The lowest BCUT2D eigenvalue weighted by Crippen LogP contribution is -2.46. The number of hydrogen-bond acceptors (Lipinski definition) is 3. The van der Waals surface area contributed by atoms with E-state index in [1.165, 1.54) is 17.2 Å². The number of carbonyl (C=O) groups is 2. The second-order valence-electron chi connectivity index (χ2n) is 7.17. The van der Waals surface area contributed by atoms with Crippen LogP contribution in [0.1, 0.15) is 40.7 Å². The third kappa shape index (κ3) is 5.33. The van der Waals surface area contributed by atoms with Crippen LogP contribution < -0.4 is 5.32 Å². The lowest BCUT2D eigenvalue weighted by atomic mass is 10.0. The van der Waals surface area contributed by atoms with Gasteiger partial charge >= 0.3 is 0 Å². The second-order valence-corrected chi connectivity index (χ2v) is 7.17. The van der Waals surface area contributed by atoms with Crippen LogP contribution in [0.4, 0.5) is 0 Å². The predicted molar refractivity (Wildman–Crippen MR) is 105 cm³/mol. The van der Waals surface area contributed by atoms with Gasteiger partial charge in [0.15, 0.2) is 0 Å². The van der Waals surface area contributed by atoms with Crippen molar-refractivity contribution < 1.29 is 14.7 Å². The molecule has 2 amide bonds. The number of benzene rings is 2. The fourth-order valence-corrected chi connectivity index (χ4v) is 3.36. The Morgan fingerprint density at radius 3 is 2.48 bits per heavy atom. The minimum absolute atomic E-state index is 0.0633. The predicted octanol–water partition coefficient (Wildman–Crippen LogP) is 3.05. The summed E-state index contributed by atoms with van der Waals surface area (Å²) in [7, 11) is 0. The zero-order valence-electron chi connectivity index (χ0n) is 15.6. The Kier molecular flexibility index (Phi) is 6.12. The van der Waals surface area contributed by atoms with E-state index < -0.39 is 0 Å². The number of likely N-dealkylation sites (tertiary alicyclic amines) is 1. The summed E-state index contributed by atoms with van der Waals surface area (Å²) in [5, 5.41) is 12.6. The largest absolute Gasteiger partial charge is 0.508 e. The van der Waals surface area contributed by atoms with E-state index in [4.69, 9.17) is 0 Å². The molecule has 0 spiro atoms. The molecular weight excluding hydrogens is 340 g/mol. The van der Waals surface area contributed by atoms with E-state index in [-0.39, 0.29) is 23.6 Å². The molecule has 2 N–H and O–H groups in total. The van der Waals surface area contributed by atoms with E-state index >= 15 is 0 Å². The molecule has 0 aliphatic carbocycles. The monoisotopic (exact) mass is 366 g/mol. The maximum absolute atomic E-state index is 12.5. The van der Waals surface area contributed by atoms with Crippen molar-refractivity contribution in [2.45, 2.75) is 38.6 Å². The molecule has 0 saturated carbocycles. The van der Waals surface area contributed by atoms with Crippen LogP contribution in [0.25, 0.3) is 0 Å². The number of aromatic hydroxyl groups is 1. The van der Waals surface area contributed by atoms with Crippen molar-refractivity contribution in [3.05, 3.63) is 65.2 Å². The third-order valence-corrected chi connectivity index (χ3v) is 5.00. The Labute approximate surface area is 160 Å². The molecule has 5 heteroatoms. The summed E-state index contributed by atoms with van der Waals surface area (Å²) in [5.74, 6) is 0.0833. The minimum atomic E-state index is -0.0740. The van der Waals surface area contributed by atoms with E-state index in [9.17, 15) is 14.7 Å². The average molecular weight is 366 g/mol.